The fourth-order valence-corrected chi connectivity index (χ4v) is 1.97. The molecule has 0 aliphatic heterocycles. The summed E-state index contributed by atoms with van der Waals surface area (Å²) in [6, 6.07) is 9.13. The van der Waals surface area contributed by atoms with Crippen LogP contribution in [0.5, 0.6) is 0 Å². The number of aliphatic hydroxyl groups excluding tert-OH is 1. The lowest BCUT2D eigenvalue weighted by Gasteiger charge is -2.18. The molecule has 0 aromatic heterocycles. The van der Waals surface area contributed by atoms with Gasteiger partial charge >= 0.3 is 8.60 Å². The van der Waals surface area contributed by atoms with E-state index in [0.717, 1.165) is 0 Å². The van der Waals surface area contributed by atoms with Gasteiger partial charge in [-0.25, -0.2) is 0 Å². The van der Waals surface area contributed by atoms with Crippen molar-refractivity contribution in [3.8, 4) is 0 Å². The van der Waals surface area contributed by atoms with Gasteiger partial charge in [-0.3, -0.25) is 4.52 Å². The second-order valence-electron chi connectivity index (χ2n) is 2.93. The zero-order valence-electron chi connectivity index (χ0n) is 9.50. The van der Waals surface area contributed by atoms with Crippen LogP contribution in [0.1, 0.15) is 25.7 Å². The summed E-state index contributed by atoms with van der Waals surface area (Å²) in [5.41, 5.74) is 0.689. The van der Waals surface area contributed by atoms with Gasteiger partial charge in [-0.1, -0.05) is 30.3 Å². The molecular formula is C11H17O4P. The molecule has 0 saturated heterocycles. The Hall–Kier alpha value is -0.510. The normalized spacial score (nSPS) is 13.0. The first-order valence-corrected chi connectivity index (χ1v) is 6.33. The Morgan fingerprint density at radius 3 is 2.19 bits per heavy atom. The molecule has 0 saturated carbocycles. The van der Waals surface area contributed by atoms with Crippen LogP contribution in [0.3, 0.4) is 0 Å². The maximum atomic E-state index is 9.78. The molecule has 0 amide bonds. The van der Waals surface area contributed by atoms with E-state index in [-0.39, 0.29) is 0 Å². The summed E-state index contributed by atoms with van der Waals surface area (Å²) in [4.78, 5) is 0. The van der Waals surface area contributed by atoms with E-state index in [2.05, 4.69) is 0 Å². The van der Waals surface area contributed by atoms with Crippen molar-refractivity contribution in [1.29, 1.82) is 0 Å². The van der Waals surface area contributed by atoms with Crippen LogP contribution in [-0.2, 0) is 13.6 Å². The van der Waals surface area contributed by atoms with Crippen molar-refractivity contribution in [3.05, 3.63) is 35.9 Å². The van der Waals surface area contributed by atoms with Crippen molar-refractivity contribution in [1.82, 2.24) is 0 Å². The number of rotatable bonds is 7. The average molecular weight is 244 g/mol. The Bertz CT molecular complexity index is 275. The molecule has 0 aliphatic carbocycles. The van der Waals surface area contributed by atoms with E-state index < -0.39 is 14.9 Å². The van der Waals surface area contributed by atoms with Crippen LogP contribution in [0.25, 0.3) is 0 Å². The summed E-state index contributed by atoms with van der Waals surface area (Å²) in [6.45, 7) is 4.69. The first kappa shape index (κ1) is 13.6. The summed E-state index contributed by atoms with van der Waals surface area (Å²) >= 11 is 0. The molecule has 0 fully saturated rings. The molecular weight excluding hydrogens is 227 g/mol. The lowest BCUT2D eigenvalue weighted by molar-refractivity contribution is -0.0357. The van der Waals surface area contributed by atoms with Crippen molar-refractivity contribution in [2.24, 2.45) is 0 Å². The van der Waals surface area contributed by atoms with Crippen LogP contribution in [0.2, 0.25) is 0 Å². The SMILES string of the molecule is CCOP(OCC)OC(O)c1ccccc1. The van der Waals surface area contributed by atoms with E-state index in [1.165, 1.54) is 0 Å². The maximum Gasteiger partial charge on any atom is 0.335 e. The predicted molar refractivity (Wildman–Crippen MR) is 62.7 cm³/mol. The highest BCUT2D eigenvalue weighted by Crippen LogP contribution is 2.43. The van der Waals surface area contributed by atoms with Gasteiger partial charge in [0.2, 0.25) is 0 Å². The van der Waals surface area contributed by atoms with Gasteiger partial charge in [-0.05, 0) is 13.8 Å². The van der Waals surface area contributed by atoms with Gasteiger partial charge in [-0.2, -0.15) is 0 Å². The lowest BCUT2D eigenvalue weighted by Crippen LogP contribution is -2.03. The number of hydrogen-bond donors (Lipinski definition) is 1. The molecule has 1 rings (SSSR count). The lowest BCUT2D eigenvalue weighted by atomic mass is 10.2. The van der Waals surface area contributed by atoms with Crippen LogP contribution in [0.15, 0.2) is 30.3 Å². The van der Waals surface area contributed by atoms with Gasteiger partial charge in [0.25, 0.3) is 0 Å². The first-order valence-electron chi connectivity index (χ1n) is 5.23. The van der Waals surface area contributed by atoms with Gasteiger partial charge in [0, 0.05) is 5.56 Å². The average Bonchev–Trinajstić information content (AvgIpc) is 2.31. The summed E-state index contributed by atoms with van der Waals surface area (Å²) in [5, 5.41) is 9.78. The van der Waals surface area contributed by atoms with Gasteiger partial charge in [0.05, 0.1) is 13.2 Å². The summed E-state index contributed by atoms with van der Waals surface area (Å²) in [5.74, 6) is 0. The smallest absolute Gasteiger partial charge is 0.335 e. The molecule has 16 heavy (non-hydrogen) atoms. The minimum absolute atomic E-state index is 0.493. The highest BCUT2D eigenvalue weighted by molar-refractivity contribution is 7.41. The molecule has 4 nitrogen and oxygen atoms in total. The van der Waals surface area contributed by atoms with E-state index in [1.54, 1.807) is 12.1 Å². The topological polar surface area (TPSA) is 47.9 Å². The Morgan fingerprint density at radius 2 is 1.69 bits per heavy atom. The second-order valence-corrected chi connectivity index (χ2v) is 4.10. The Labute approximate surface area is 97.2 Å². The minimum Gasteiger partial charge on any atom is -0.364 e. The zero-order valence-corrected chi connectivity index (χ0v) is 10.4. The Morgan fingerprint density at radius 1 is 1.12 bits per heavy atom. The van der Waals surface area contributed by atoms with Crippen molar-refractivity contribution >= 4 is 8.60 Å². The highest BCUT2D eigenvalue weighted by Gasteiger charge is 2.17. The third-order valence-electron chi connectivity index (χ3n) is 1.74. The summed E-state index contributed by atoms with van der Waals surface area (Å²) < 4.78 is 15.8. The third kappa shape index (κ3) is 4.56. The zero-order chi connectivity index (χ0) is 11.8. The van der Waals surface area contributed by atoms with E-state index >= 15 is 0 Å². The second kappa shape index (κ2) is 7.71. The molecule has 0 heterocycles. The standard InChI is InChI=1S/C11H17O4P/c1-3-13-16(14-4-2)15-11(12)10-8-6-5-7-9-10/h5-9,11-12H,3-4H2,1-2H3. The molecule has 0 bridgehead atoms. The molecule has 1 unspecified atom stereocenters. The first-order chi connectivity index (χ1) is 7.77. The number of benzene rings is 1. The third-order valence-corrected chi connectivity index (χ3v) is 3.05. The Kier molecular flexibility index (Phi) is 6.53. The van der Waals surface area contributed by atoms with Gasteiger partial charge in [-0.15, -0.1) is 0 Å². The van der Waals surface area contributed by atoms with Crippen molar-refractivity contribution in [3.63, 3.8) is 0 Å². The highest BCUT2D eigenvalue weighted by atomic mass is 31.2. The Balaban J connectivity index is 2.50. The largest absolute Gasteiger partial charge is 0.364 e. The molecule has 1 aromatic rings. The molecule has 90 valence electrons. The van der Waals surface area contributed by atoms with Gasteiger partial charge < -0.3 is 14.2 Å². The minimum atomic E-state index is -1.47. The van der Waals surface area contributed by atoms with E-state index in [1.807, 2.05) is 32.0 Å². The van der Waals surface area contributed by atoms with Gasteiger partial charge in [0.15, 0.2) is 6.29 Å². The number of aliphatic hydroxyl groups is 1. The molecule has 0 radical (unpaired) electrons. The summed E-state index contributed by atoms with van der Waals surface area (Å²) in [6.07, 6.45) is -1.01. The van der Waals surface area contributed by atoms with Crippen LogP contribution in [0, 0.1) is 0 Å². The van der Waals surface area contributed by atoms with E-state index in [4.69, 9.17) is 13.6 Å². The predicted octanol–water partition coefficient (Wildman–Crippen LogP) is 2.99. The van der Waals surface area contributed by atoms with Crippen molar-refractivity contribution in [2.75, 3.05) is 13.2 Å². The monoisotopic (exact) mass is 244 g/mol. The fourth-order valence-electron chi connectivity index (χ4n) is 1.07. The molecule has 0 spiro atoms. The summed E-state index contributed by atoms with van der Waals surface area (Å²) in [7, 11) is -1.47. The van der Waals surface area contributed by atoms with Crippen LogP contribution < -0.4 is 0 Å². The van der Waals surface area contributed by atoms with Crippen molar-refractivity contribution < 1.29 is 18.7 Å². The van der Waals surface area contributed by atoms with E-state index in [0.29, 0.717) is 18.8 Å². The molecule has 5 heteroatoms. The molecule has 0 aliphatic rings. The van der Waals surface area contributed by atoms with Gasteiger partial charge in [0.1, 0.15) is 0 Å². The quantitative estimate of drug-likeness (QED) is 0.591. The molecule has 1 N–H and O–H groups in total. The molecule has 1 atom stereocenters. The molecule has 1 aromatic carbocycles. The fraction of sp³-hybridized carbons (Fsp3) is 0.455. The van der Waals surface area contributed by atoms with Crippen LogP contribution in [0.4, 0.5) is 0 Å². The van der Waals surface area contributed by atoms with E-state index in [9.17, 15) is 5.11 Å². The van der Waals surface area contributed by atoms with Crippen LogP contribution >= 0.6 is 8.60 Å². The number of hydrogen-bond acceptors (Lipinski definition) is 4. The van der Waals surface area contributed by atoms with Crippen molar-refractivity contribution in [2.45, 2.75) is 20.1 Å². The van der Waals surface area contributed by atoms with Crippen LogP contribution in [-0.4, -0.2) is 18.3 Å². The maximum absolute atomic E-state index is 9.78.